The monoisotopic (exact) mass is 510 g/mol. The van der Waals surface area contributed by atoms with Gasteiger partial charge < -0.3 is 20.9 Å². The maximum atomic E-state index is 14.6. The van der Waals surface area contributed by atoms with Crippen molar-refractivity contribution >= 4 is 23.5 Å². The number of piperazine rings is 1. The van der Waals surface area contributed by atoms with E-state index in [1.165, 1.54) is 18.2 Å². The van der Waals surface area contributed by atoms with Gasteiger partial charge in [0.25, 0.3) is 11.8 Å². The Morgan fingerprint density at radius 3 is 2.38 bits per heavy atom. The van der Waals surface area contributed by atoms with E-state index in [-0.39, 0.29) is 34.6 Å². The Kier molecular flexibility index (Phi) is 8.06. The number of carbonyl (C=O) groups is 3. The van der Waals surface area contributed by atoms with Gasteiger partial charge in [0.15, 0.2) is 0 Å². The van der Waals surface area contributed by atoms with Crippen LogP contribution in [0, 0.1) is 5.82 Å². The van der Waals surface area contributed by atoms with Gasteiger partial charge in [-0.15, -0.1) is 0 Å². The summed E-state index contributed by atoms with van der Waals surface area (Å²) in [5.41, 5.74) is 1.31. The molecule has 2 aromatic rings. The van der Waals surface area contributed by atoms with Crippen LogP contribution in [0.2, 0.25) is 0 Å². The standard InChI is InChI=1S/C27H35FN6O3/c1-27(2,3)32-24(35)18-9-10-29-21(15-18)17-33-11-13-34(14-12-33)25(36)19-7-8-23(22(28)16-19)31-26(37)30-20-5-4-6-20/h7-10,15-16,20H,4-6,11-14,17H2,1-3H3,(H,32,35)(H2,30,31,37). The van der Waals surface area contributed by atoms with Crippen molar-refractivity contribution < 1.29 is 18.8 Å². The second kappa shape index (κ2) is 11.2. The highest BCUT2D eigenvalue weighted by atomic mass is 19.1. The first kappa shape index (κ1) is 26.5. The highest BCUT2D eigenvalue weighted by Crippen LogP contribution is 2.20. The molecule has 1 saturated heterocycles. The Morgan fingerprint density at radius 1 is 1.03 bits per heavy atom. The van der Waals surface area contributed by atoms with Crippen LogP contribution in [0.4, 0.5) is 14.9 Å². The zero-order valence-electron chi connectivity index (χ0n) is 21.6. The molecule has 9 nitrogen and oxygen atoms in total. The Hall–Kier alpha value is -3.53. The predicted octanol–water partition coefficient (Wildman–Crippen LogP) is 3.38. The molecule has 4 rings (SSSR count). The molecule has 0 atom stereocenters. The van der Waals surface area contributed by atoms with Crippen molar-refractivity contribution in [1.82, 2.24) is 25.4 Å². The number of rotatable bonds is 6. The number of aromatic nitrogens is 1. The molecule has 1 saturated carbocycles. The molecule has 0 unspecified atom stereocenters. The summed E-state index contributed by atoms with van der Waals surface area (Å²) < 4.78 is 14.6. The highest BCUT2D eigenvalue weighted by Gasteiger charge is 2.24. The first-order chi connectivity index (χ1) is 17.6. The fourth-order valence-corrected chi connectivity index (χ4v) is 4.29. The number of nitrogens with one attached hydrogen (secondary N) is 3. The summed E-state index contributed by atoms with van der Waals surface area (Å²) in [4.78, 5) is 45.7. The fraction of sp³-hybridized carbons (Fsp3) is 0.481. The van der Waals surface area contributed by atoms with Gasteiger partial charge in [-0.1, -0.05) is 0 Å². The van der Waals surface area contributed by atoms with Crippen molar-refractivity contribution in [3.63, 3.8) is 0 Å². The summed E-state index contributed by atoms with van der Waals surface area (Å²) in [6.07, 6.45) is 4.60. The van der Waals surface area contributed by atoms with Gasteiger partial charge in [0, 0.05) is 61.6 Å². The number of halogens is 1. The molecule has 0 bridgehead atoms. The lowest BCUT2D eigenvalue weighted by Gasteiger charge is -2.34. The number of carbonyl (C=O) groups excluding carboxylic acids is 3. The van der Waals surface area contributed by atoms with Crippen molar-refractivity contribution in [2.24, 2.45) is 0 Å². The largest absolute Gasteiger partial charge is 0.347 e. The smallest absolute Gasteiger partial charge is 0.319 e. The number of benzene rings is 1. The van der Waals surface area contributed by atoms with Gasteiger partial charge in [-0.2, -0.15) is 0 Å². The molecule has 0 radical (unpaired) electrons. The van der Waals surface area contributed by atoms with Crippen LogP contribution in [0.1, 0.15) is 66.4 Å². The lowest BCUT2D eigenvalue weighted by atomic mass is 9.93. The molecule has 1 aromatic heterocycles. The fourth-order valence-electron chi connectivity index (χ4n) is 4.29. The van der Waals surface area contributed by atoms with Crippen LogP contribution in [-0.2, 0) is 6.54 Å². The normalized spacial score (nSPS) is 16.6. The van der Waals surface area contributed by atoms with E-state index < -0.39 is 11.8 Å². The Bertz CT molecular complexity index is 1150. The minimum absolute atomic E-state index is 0.0455. The van der Waals surface area contributed by atoms with E-state index in [2.05, 4.69) is 25.8 Å². The average molecular weight is 511 g/mol. The van der Waals surface area contributed by atoms with Crippen LogP contribution < -0.4 is 16.0 Å². The van der Waals surface area contributed by atoms with Gasteiger partial charge >= 0.3 is 6.03 Å². The third-order valence-corrected chi connectivity index (χ3v) is 6.52. The van der Waals surface area contributed by atoms with Crippen LogP contribution in [0.25, 0.3) is 0 Å². The van der Waals surface area contributed by atoms with Gasteiger partial charge in [0.05, 0.1) is 11.4 Å². The first-order valence-corrected chi connectivity index (χ1v) is 12.7. The van der Waals surface area contributed by atoms with Crippen LogP contribution in [0.15, 0.2) is 36.5 Å². The number of pyridine rings is 1. The van der Waals surface area contributed by atoms with Crippen LogP contribution in [-0.4, -0.2) is 70.4 Å². The van der Waals surface area contributed by atoms with E-state index in [0.29, 0.717) is 38.3 Å². The molecule has 37 heavy (non-hydrogen) atoms. The molecule has 2 heterocycles. The number of anilines is 1. The van der Waals surface area contributed by atoms with Gasteiger partial charge in [0.1, 0.15) is 5.82 Å². The molecule has 1 aromatic carbocycles. The average Bonchev–Trinajstić information content (AvgIpc) is 2.82. The molecule has 1 aliphatic heterocycles. The number of nitrogens with zero attached hydrogens (tertiary/aromatic N) is 3. The van der Waals surface area contributed by atoms with Crippen molar-refractivity contribution in [2.75, 3.05) is 31.5 Å². The first-order valence-electron chi connectivity index (χ1n) is 12.7. The van der Waals surface area contributed by atoms with Crippen molar-refractivity contribution in [3.8, 4) is 0 Å². The molecule has 2 fully saturated rings. The third kappa shape index (κ3) is 7.25. The topological polar surface area (TPSA) is 107 Å². The number of hydrogen-bond acceptors (Lipinski definition) is 5. The van der Waals surface area contributed by atoms with E-state index in [1.807, 2.05) is 20.8 Å². The summed E-state index contributed by atoms with van der Waals surface area (Å²) in [5.74, 6) is -1.03. The molecular weight excluding hydrogens is 475 g/mol. The van der Waals surface area contributed by atoms with Gasteiger partial charge in [-0.25, -0.2) is 9.18 Å². The van der Waals surface area contributed by atoms with Crippen LogP contribution in [0.3, 0.4) is 0 Å². The second-order valence-electron chi connectivity index (χ2n) is 10.7. The molecule has 3 N–H and O–H groups in total. The highest BCUT2D eigenvalue weighted by molar-refractivity contribution is 5.96. The van der Waals surface area contributed by atoms with Gasteiger partial charge in [-0.3, -0.25) is 19.5 Å². The van der Waals surface area contributed by atoms with E-state index in [4.69, 9.17) is 0 Å². The Balaban J connectivity index is 1.28. The van der Waals surface area contributed by atoms with Gasteiger partial charge in [0.2, 0.25) is 0 Å². The molecule has 1 aliphatic carbocycles. The lowest BCUT2D eigenvalue weighted by molar-refractivity contribution is 0.0626. The van der Waals surface area contributed by atoms with Gasteiger partial charge in [-0.05, 0) is 70.4 Å². The SMILES string of the molecule is CC(C)(C)NC(=O)c1ccnc(CN2CCN(C(=O)c3ccc(NC(=O)NC4CCC4)c(F)c3)CC2)c1. The summed E-state index contributed by atoms with van der Waals surface area (Å²) in [7, 11) is 0. The molecule has 2 aliphatic rings. The molecule has 10 heteroatoms. The van der Waals surface area contributed by atoms with E-state index in [9.17, 15) is 18.8 Å². The quantitative estimate of drug-likeness (QED) is 0.553. The van der Waals surface area contributed by atoms with E-state index in [1.54, 1.807) is 23.2 Å². The number of amides is 4. The number of urea groups is 1. The van der Waals surface area contributed by atoms with Crippen molar-refractivity contribution in [1.29, 1.82) is 0 Å². The summed E-state index contributed by atoms with van der Waals surface area (Å²) in [6.45, 7) is 8.62. The van der Waals surface area contributed by atoms with Crippen molar-refractivity contribution in [2.45, 2.75) is 58.2 Å². The Labute approximate surface area is 216 Å². The predicted molar refractivity (Wildman–Crippen MR) is 139 cm³/mol. The lowest BCUT2D eigenvalue weighted by Crippen LogP contribution is -2.48. The maximum Gasteiger partial charge on any atom is 0.319 e. The minimum Gasteiger partial charge on any atom is -0.347 e. The van der Waals surface area contributed by atoms with Crippen LogP contribution in [0.5, 0.6) is 0 Å². The molecular formula is C27H35FN6O3. The zero-order chi connectivity index (χ0) is 26.6. The Morgan fingerprint density at radius 2 is 1.76 bits per heavy atom. The summed E-state index contributed by atoms with van der Waals surface area (Å²) in [5, 5.41) is 8.27. The van der Waals surface area contributed by atoms with Crippen molar-refractivity contribution in [3.05, 3.63) is 59.2 Å². The second-order valence-corrected chi connectivity index (χ2v) is 10.7. The third-order valence-electron chi connectivity index (χ3n) is 6.52. The summed E-state index contributed by atoms with van der Waals surface area (Å²) >= 11 is 0. The number of hydrogen-bond donors (Lipinski definition) is 3. The van der Waals surface area contributed by atoms with E-state index >= 15 is 0 Å². The van der Waals surface area contributed by atoms with Crippen LogP contribution >= 0.6 is 0 Å². The van der Waals surface area contributed by atoms with E-state index in [0.717, 1.165) is 25.0 Å². The zero-order valence-corrected chi connectivity index (χ0v) is 21.6. The maximum absolute atomic E-state index is 14.6. The molecule has 0 spiro atoms. The summed E-state index contributed by atoms with van der Waals surface area (Å²) in [6, 6.07) is 7.34. The molecule has 4 amide bonds. The minimum atomic E-state index is -0.644. The molecule has 198 valence electrons.